The van der Waals surface area contributed by atoms with Crippen LogP contribution in [0.15, 0.2) is 30.5 Å². The van der Waals surface area contributed by atoms with E-state index in [4.69, 9.17) is 16.3 Å². The van der Waals surface area contributed by atoms with Crippen LogP contribution in [0.25, 0.3) is 5.65 Å². The summed E-state index contributed by atoms with van der Waals surface area (Å²) in [5.74, 6) is 0.646. The predicted octanol–water partition coefficient (Wildman–Crippen LogP) is 3.51. The minimum atomic E-state index is -0.0330. The SMILES string of the molecule is Cc1c(Cl)cnc2c3c(nn12)CN(C(=O)c1ccccc1OC1CC2CCC(C1)N2)C3. The lowest BCUT2D eigenvalue weighted by Crippen LogP contribution is -2.42. The second-order valence-corrected chi connectivity index (χ2v) is 9.27. The van der Waals surface area contributed by atoms with Crippen LogP contribution in [0.5, 0.6) is 5.75 Å². The number of aryl methyl sites for hydroxylation is 1. The lowest BCUT2D eigenvalue weighted by atomic mass is 10.0. The Bertz CT molecular complexity index is 1180. The maximum atomic E-state index is 13.4. The van der Waals surface area contributed by atoms with Crippen molar-refractivity contribution in [3.05, 3.63) is 58.0 Å². The Morgan fingerprint density at radius 1 is 1.19 bits per heavy atom. The van der Waals surface area contributed by atoms with Gasteiger partial charge in [-0.05, 0) is 44.7 Å². The number of para-hydroxylation sites is 1. The molecule has 7 nitrogen and oxygen atoms in total. The predicted molar refractivity (Wildman–Crippen MR) is 116 cm³/mol. The van der Waals surface area contributed by atoms with E-state index >= 15 is 0 Å². The molecule has 31 heavy (non-hydrogen) atoms. The summed E-state index contributed by atoms with van der Waals surface area (Å²) in [4.78, 5) is 19.7. The van der Waals surface area contributed by atoms with Crippen LogP contribution >= 0.6 is 11.6 Å². The van der Waals surface area contributed by atoms with Crippen molar-refractivity contribution >= 4 is 23.2 Å². The number of aromatic nitrogens is 3. The summed E-state index contributed by atoms with van der Waals surface area (Å²) in [6.07, 6.45) is 6.24. The van der Waals surface area contributed by atoms with Crippen LogP contribution in [-0.4, -0.2) is 43.6 Å². The average molecular weight is 438 g/mol. The van der Waals surface area contributed by atoms with Crippen molar-refractivity contribution in [1.29, 1.82) is 0 Å². The van der Waals surface area contributed by atoms with Crippen molar-refractivity contribution in [3.63, 3.8) is 0 Å². The second kappa shape index (κ2) is 7.21. The molecule has 3 aliphatic rings. The van der Waals surface area contributed by atoms with E-state index in [1.807, 2.05) is 36.1 Å². The monoisotopic (exact) mass is 437 g/mol. The molecule has 160 valence electrons. The van der Waals surface area contributed by atoms with E-state index in [0.717, 1.165) is 35.4 Å². The van der Waals surface area contributed by atoms with Gasteiger partial charge >= 0.3 is 0 Å². The number of nitrogens with zero attached hydrogens (tertiary/aromatic N) is 4. The summed E-state index contributed by atoms with van der Waals surface area (Å²) in [5, 5.41) is 8.88. The number of carbonyl (C=O) groups excluding carboxylic acids is 1. The van der Waals surface area contributed by atoms with E-state index < -0.39 is 0 Å². The van der Waals surface area contributed by atoms with Gasteiger partial charge in [-0.3, -0.25) is 4.79 Å². The zero-order chi connectivity index (χ0) is 21.1. The van der Waals surface area contributed by atoms with Gasteiger partial charge < -0.3 is 15.0 Å². The fourth-order valence-corrected chi connectivity index (χ4v) is 5.35. The standard InChI is InChI=1S/C23H24ClN5O2/c1-13-19(24)10-25-22-18-11-28(12-20(18)27-29(13)22)23(30)17-4-2-3-5-21(17)31-16-8-14-6-7-15(9-16)26-14/h2-5,10,14-16,26H,6-9,11-12H2,1H3. The van der Waals surface area contributed by atoms with Crippen molar-refractivity contribution in [1.82, 2.24) is 24.8 Å². The molecule has 0 aliphatic carbocycles. The highest BCUT2D eigenvalue weighted by molar-refractivity contribution is 6.31. The van der Waals surface area contributed by atoms with Crippen LogP contribution in [0.1, 0.15) is 53.0 Å². The van der Waals surface area contributed by atoms with E-state index in [-0.39, 0.29) is 12.0 Å². The van der Waals surface area contributed by atoms with E-state index in [1.165, 1.54) is 12.8 Å². The summed E-state index contributed by atoms with van der Waals surface area (Å²) >= 11 is 6.18. The molecule has 0 spiro atoms. The second-order valence-electron chi connectivity index (χ2n) is 8.86. The van der Waals surface area contributed by atoms with Gasteiger partial charge in [0.25, 0.3) is 5.91 Å². The Balaban J connectivity index is 1.24. The third-order valence-corrected chi connectivity index (χ3v) is 7.19. The molecule has 2 bridgehead atoms. The molecule has 2 fully saturated rings. The van der Waals surface area contributed by atoms with Crippen LogP contribution in [0, 0.1) is 6.92 Å². The summed E-state index contributed by atoms with van der Waals surface area (Å²) < 4.78 is 8.15. The molecule has 8 heteroatoms. The number of fused-ring (bicyclic) bond motifs is 5. The van der Waals surface area contributed by atoms with Crippen molar-refractivity contribution in [2.75, 3.05) is 0 Å². The number of rotatable bonds is 3. The molecule has 0 saturated carbocycles. The number of carbonyl (C=O) groups is 1. The highest BCUT2D eigenvalue weighted by Crippen LogP contribution is 2.33. The Labute approximate surface area is 185 Å². The average Bonchev–Trinajstić information content (AvgIpc) is 3.43. The van der Waals surface area contributed by atoms with Gasteiger partial charge in [0.15, 0.2) is 5.65 Å². The quantitative estimate of drug-likeness (QED) is 0.678. The van der Waals surface area contributed by atoms with Crippen LogP contribution < -0.4 is 10.1 Å². The van der Waals surface area contributed by atoms with Crippen LogP contribution in [0.2, 0.25) is 5.02 Å². The highest BCUT2D eigenvalue weighted by Gasteiger charge is 2.36. The van der Waals surface area contributed by atoms with Gasteiger partial charge in [-0.2, -0.15) is 5.10 Å². The van der Waals surface area contributed by atoms with E-state index in [0.29, 0.717) is 41.5 Å². The number of ether oxygens (including phenoxy) is 1. The first-order valence-corrected chi connectivity index (χ1v) is 11.3. The van der Waals surface area contributed by atoms with E-state index in [2.05, 4.69) is 15.4 Å². The number of hydrogen-bond acceptors (Lipinski definition) is 5. The van der Waals surface area contributed by atoms with Gasteiger partial charge in [0, 0.05) is 23.8 Å². The van der Waals surface area contributed by atoms with E-state index in [9.17, 15) is 4.79 Å². The first kappa shape index (κ1) is 19.1. The molecular weight excluding hydrogens is 414 g/mol. The first-order valence-electron chi connectivity index (χ1n) is 10.9. The van der Waals surface area contributed by atoms with Crippen molar-refractivity contribution in [2.24, 2.45) is 0 Å². The molecule has 2 saturated heterocycles. The Kier molecular flexibility index (Phi) is 4.43. The Morgan fingerprint density at radius 2 is 1.97 bits per heavy atom. The summed E-state index contributed by atoms with van der Waals surface area (Å²) in [5.41, 5.74) is 4.10. The van der Waals surface area contributed by atoms with Gasteiger partial charge in [-0.15, -0.1) is 0 Å². The maximum Gasteiger partial charge on any atom is 0.258 e. The van der Waals surface area contributed by atoms with Crippen molar-refractivity contribution in [2.45, 2.75) is 63.9 Å². The fraction of sp³-hybridized carbons (Fsp3) is 0.435. The molecule has 2 unspecified atom stereocenters. The first-order chi connectivity index (χ1) is 15.1. The van der Waals surface area contributed by atoms with Gasteiger partial charge in [-0.1, -0.05) is 23.7 Å². The molecule has 3 aromatic rings. The number of halogens is 1. The number of benzene rings is 1. The molecule has 1 amide bonds. The molecule has 6 rings (SSSR count). The topological polar surface area (TPSA) is 71.8 Å². The molecular formula is C23H24ClN5O2. The minimum absolute atomic E-state index is 0.0330. The van der Waals surface area contributed by atoms with Crippen LogP contribution in [0.3, 0.4) is 0 Å². The molecule has 3 aliphatic heterocycles. The number of piperidine rings is 1. The van der Waals surface area contributed by atoms with Gasteiger partial charge in [0.2, 0.25) is 0 Å². The Hall–Kier alpha value is -2.64. The molecule has 1 N–H and O–H groups in total. The number of nitrogens with one attached hydrogen (secondary N) is 1. The minimum Gasteiger partial charge on any atom is -0.489 e. The maximum absolute atomic E-state index is 13.4. The largest absolute Gasteiger partial charge is 0.489 e. The summed E-state index contributed by atoms with van der Waals surface area (Å²) in [6.45, 7) is 2.86. The normalized spacial score (nSPS) is 24.6. The lowest BCUT2D eigenvalue weighted by molar-refractivity contribution is 0.0737. The smallest absolute Gasteiger partial charge is 0.258 e. The Morgan fingerprint density at radius 3 is 2.77 bits per heavy atom. The molecule has 5 heterocycles. The van der Waals surface area contributed by atoms with Crippen molar-refractivity contribution in [3.8, 4) is 5.75 Å². The number of hydrogen-bond donors (Lipinski definition) is 1. The van der Waals surface area contributed by atoms with Crippen LogP contribution in [-0.2, 0) is 13.1 Å². The van der Waals surface area contributed by atoms with Gasteiger partial charge in [0.05, 0.1) is 35.1 Å². The number of amides is 1. The zero-order valence-corrected chi connectivity index (χ0v) is 18.1. The van der Waals surface area contributed by atoms with Gasteiger partial charge in [-0.25, -0.2) is 9.50 Å². The highest BCUT2D eigenvalue weighted by atomic mass is 35.5. The summed E-state index contributed by atoms with van der Waals surface area (Å²) in [6, 6.07) is 8.69. The third kappa shape index (κ3) is 3.18. The molecule has 0 radical (unpaired) electrons. The zero-order valence-electron chi connectivity index (χ0n) is 17.3. The van der Waals surface area contributed by atoms with E-state index in [1.54, 1.807) is 10.7 Å². The third-order valence-electron chi connectivity index (χ3n) is 6.82. The molecule has 1 aromatic carbocycles. The molecule has 2 atom stereocenters. The van der Waals surface area contributed by atoms with Gasteiger partial charge in [0.1, 0.15) is 11.9 Å². The van der Waals surface area contributed by atoms with Crippen LogP contribution in [0.4, 0.5) is 0 Å². The lowest BCUT2D eigenvalue weighted by Gasteiger charge is -2.30. The summed E-state index contributed by atoms with van der Waals surface area (Å²) in [7, 11) is 0. The fourth-order valence-electron chi connectivity index (χ4n) is 5.22. The molecule has 2 aromatic heterocycles. The van der Waals surface area contributed by atoms with Crippen molar-refractivity contribution < 1.29 is 9.53 Å².